The van der Waals surface area contributed by atoms with Crippen LogP contribution < -0.4 is 10.6 Å². The Morgan fingerprint density at radius 3 is 2.62 bits per heavy atom. The molecule has 0 aliphatic carbocycles. The maximum absolute atomic E-state index is 13.4. The fourth-order valence-corrected chi connectivity index (χ4v) is 1.73. The standard InChI is InChI=1S/C12H18F2N2/c1-9(5-6-15)8-16(2)12-4-3-10(13)7-11(12)14/h3-4,7,9H,5-6,8,15H2,1-2H3. The van der Waals surface area contributed by atoms with Gasteiger partial charge in [0.2, 0.25) is 0 Å². The molecule has 0 spiro atoms. The number of nitrogens with two attached hydrogens (primary N) is 1. The molecule has 0 aromatic heterocycles. The van der Waals surface area contributed by atoms with E-state index in [-0.39, 0.29) is 0 Å². The molecule has 0 heterocycles. The van der Waals surface area contributed by atoms with Gasteiger partial charge in [0, 0.05) is 19.7 Å². The molecule has 0 fully saturated rings. The molecule has 0 amide bonds. The molecule has 2 N–H and O–H groups in total. The molecule has 1 aromatic rings. The van der Waals surface area contributed by atoms with E-state index >= 15 is 0 Å². The van der Waals surface area contributed by atoms with Crippen molar-refractivity contribution in [3.05, 3.63) is 29.8 Å². The van der Waals surface area contributed by atoms with Crippen LogP contribution in [0.3, 0.4) is 0 Å². The Kier molecular flexibility index (Phi) is 4.68. The zero-order valence-corrected chi connectivity index (χ0v) is 9.71. The zero-order valence-electron chi connectivity index (χ0n) is 9.71. The fourth-order valence-electron chi connectivity index (χ4n) is 1.73. The van der Waals surface area contributed by atoms with Crippen molar-refractivity contribution in [2.24, 2.45) is 11.7 Å². The van der Waals surface area contributed by atoms with E-state index in [1.54, 1.807) is 11.9 Å². The van der Waals surface area contributed by atoms with E-state index in [9.17, 15) is 8.78 Å². The quantitative estimate of drug-likeness (QED) is 0.838. The Bertz CT molecular complexity index is 342. The molecule has 2 nitrogen and oxygen atoms in total. The molecule has 0 radical (unpaired) electrons. The second-order valence-electron chi connectivity index (χ2n) is 4.16. The average Bonchev–Trinajstić information content (AvgIpc) is 2.17. The first-order valence-corrected chi connectivity index (χ1v) is 5.41. The molecule has 1 rings (SSSR count). The van der Waals surface area contributed by atoms with Gasteiger partial charge in [-0.2, -0.15) is 0 Å². The monoisotopic (exact) mass is 228 g/mol. The Labute approximate surface area is 95.1 Å². The Hall–Kier alpha value is -1.16. The molecule has 0 aliphatic rings. The minimum Gasteiger partial charge on any atom is -0.372 e. The van der Waals surface area contributed by atoms with E-state index in [0.29, 0.717) is 24.7 Å². The first-order chi connectivity index (χ1) is 7.54. The van der Waals surface area contributed by atoms with Crippen LogP contribution in [0.4, 0.5) is 14.5 Å². The van der Waals surface area contributed by atoms with Crippen LogP contribution in [0.1, 0.15) is 13.3 Å². The van der Waals surface area contributed by atoms with E-state index in [2.05, 4.69) is 6.92 Å². The van der Waals surface area contributed by atoms with Crippen LogP contribution in [0, 0.1) is 17.6 Å². The van der Waals surface area contributed by atoms with E-state index < -0.39 is 11.6 Å². The molecular formula is C12H18F2N2. The second kappa shape index (κ2) is 5.80. The SMILES string of the molecule is CC(CCN)CN(C)c1ccc(F)cc1F. The highest BCUT2D eigenvalue weighted by Crippen LogP contribution is 2.20. The van der Waals surface area contributed by atoms with Crippen molar-refractivity contribution in [2.45, 2.75) is 13.3 Å². The van der Waals surface area contributed by atoms with Crippen LogP contribution in [0.5, 0.6) is 0 Å². The Morgan fingerprint density at radius 1 is 1.38 bits per heavy atom. The van der Waals surface area contributed by atoms with Crippen LogP contribution in [-0.2, 0) is 0 Å². The van der Waals surface area contributed by atoms with E-state index in [1.807, 2.05) is 0 Å². The summed E-state index contributed by atoms with van der Waals surface area (Å²) < 4.78 is 26.1. The molecule has 16 heavy (non-hydrogen) atoms. The number of hydrogen-bond donors (Lipinski definition) is 1. The molecule has 0 saturated heterocycles. The molecule has 1 unspecified atom stereocenters. The summed E-state index contributed by atoms with van der Waals surface area (Å²) in [5.74, 6) is -0.688. The highest BCUT2D eigenvalue weighted by atomic mass is 19.1. The second-order valence-corrected chi connectivity index (χ2v) is 4.16. The molecule has 90 valence electrons. The zero-order chi connectivity index (χ0) is 12.1. The molecule has 4 heteroatoms. The number of halogens is 2. The van der Waals surface area contributed by atoms with Gasteiger partial charge in [0.25, 0.3) is 0 Å². The number of hydrogen-bond acceptors (Lipinski definition) is 2. The largest absolute Gasteiger partial charge is 0.372 e. The number of benzene rings is 1. The minimum atomic E-state index is -0.551. The predicted molar refractivity (Wildman–Crippen MR) is 62.5 cm³/mol. The normalized spacial score (nSPS) is 12.6. The summed E-state index contributed by atoms with van der Waals surface area (Å²) in [6, 6.07) is 3.63. The first kappa shape index (κ1) is 12.9. The van der Waals surface area contributed by atoms with E-state index in [1.165, 1.54) is 12.1 Å². The van der Waals surface area contributed by atoms with E-state index in [4.69, 9.17) is 5.73 Å². The van der Waals surface area contributed by atoms with Gasteiger partial charge in [0.05, 0.1) is 5.69 Å². The number of rotatable bonds is 5. The third kappa shape index (κ3) is 3.45. The van der Waals surface area contributed by atoms with Crippen LogP contribution in [-0.4, -0.2) is 20.1 Å². The third-order valence-electron chi connectivity index (χ3n) is 2.57. The van der Waals surface area contributed by atoms with Crippen molar-refractivity contribution in [3.63, 3.8) is 0 Å². The van der Waals surface area contributed by atoms with Crippen molar-refractivity contribution < 1.29 is 8.78 Å². The highest BCUT2D eigenvalue weighted by molar-refractivity contribution is 5.47. The smallest absolute Gasteiger partial charge is 0.149 e. The van der Waals surface area contributed by atoms with Crippen LogP contribution in [0.25, 0.3) is 0 Å². The lowest BCUT2D eigenvalue weighted by molar-refractivity contribution is 0.530. The molecule has 1 aromatic carbocycles. The van der Waals surface area contributed by atoms with Gasteiger partial charge in [-0.25, -0.2) is 8.78 Å². The molecule has 0 aliphatic heterocycles. The van der Waals surface area contributed by atoms with Crippen molar-refractivity contribution >= 4 is 5.69 Å². The van der Waals surface area contributed by atoms with Crippen molar-refractivity contribution in [3.8, 4) is 0 Å². The minimum absolute atomic E-state index is 0.388. The summed E-state index contributed by atoms with van der Waals surface area (Å²) in [4.78, 5) is 1.79. The lowest BCUT2D eigenvalue weighted by Gasteiger charge is -2.23. The van der Waals surface area contributed by atoms with Gasteiger partial charge in [0.15, 0.2) is 0 Å². The molecular weight excluding hydrogens is 210 g/mol. The van der Waals surface area contributed by atoms with E-state index in [0.717, 1.165) is 12.5 Å². The average molecular weight is 228 g/mol. The van der Waals surface area contributed by atoms with Gasteiger partial charge >= 0.3 is 0 Å². The van der Waals surface area contributed by atoms with Crippen molar-refractivity contribution in [1.82, 2.24) is 0 Å². The maximum atomic E-state index is 13.4. The summed E-state index contributed by atoms with van der Waals surface area (Å²) in [6.45, 7) is 3.39. The maximum Gasteiger partial charge on any atom is 0.149 e. The Morgan fingerprint density at radius 2 is 2.06 bits per heavy atom. The molecule has 0 saturated carbocycles. The number of nitrogens with zero attached hydrogens (tertiary/aromatic N) is 1. The highest BCUT2D eigenvalue weighted by Gasteiger charge is 2.11. The van der Waals surface area contributed by atoms with Gasteiger partial charge in [-0.15, -0.1) is 0 Å². The van der Waals surface area contributed by atoms with Gasteiger partial charge < -0.3 is 10.6 Å². The molecule has 1 atom stereocenters. The first-order valence-electron chi connectivity index (χ1n) is 5.41. The van der Waals surface area contributed by atoms with Crippen LogP contribution in [0.15, 0.2) is 18.2 Å². The summed E-state index contributed by atoms with van der Waals surface area (Å²) >= 11 is 0. The van der Waals surface area contributed by atoms with Gasteiger partial charge in [-0.1, -0.05) is 6.92 Å². The van der Waals surface area contributed by atoms with Crippen molar-refractivity contribution in [1.29, 1.82) is 0 Å². The lowest BCUT2D eigenvalue weighted by atomic mass is 10.1. The summed E-state index contributed by atoms with van der Waals surface area (Å²) in [7, 11) is 1.79. The molecule has 0 bridgehead atoms. The number of anilines is 1. The fraction of sp³-hybridized carbons (Fsp3) is 0.500. The van der Waals surface area contributed by atoms with Gasteiger partial charge in [0.1, 0.15) is 11.6 Å². The van der Waals surface area contributed by atoms with Crippen LogP contribution >= 0.6 is 0 Å². The summed E-state index contributed by atoms with van der Waals surface area (Å²) in [6.07, 6.45) is 0.896. The lowest BCUT2D eigenvalue weighted by Crippen LogP contribution is -2.26. The summed E-state index contributed by atoms with van der Waals surface area (Å²) in [5.41, 5.74) is 5.87. The van der Waals surface area contributed by atoms with Crippen LogP contribution in [0.2, 0.25) is 0 Å². The third-order valence-corrected chi connectivity index (χ3v) is 2.57. The van der Waals surface area contributed by atoms with Crippen molar-refractivity contribution in [2.75, 3.05) is 25.0 Å². The Balaban J connectivity index is 2.69. The summed E-state index contributed by atoms with van der Waals surface area (Å²) in [5, 5.41) is 0. The predicted octanol–water partition coefficient (Wildman–Crippen LogP) is 2.39. The topological polar surface area (TPSA) is 29.3 Å². The van der Waals surface area contributed by atoms with Gasteiger partial charge in [-0.3, -0.25) is 0 Å². The van der Waals surface area contributed by atoms with Gasteiger partial charge in [-0.05, 0) is 31.0 Å².